The summed E-state index contributed by atoms with van der Waals surface area (Å²) in [4.78, 5) is 10.3. The van der Waals surface area contributed by atoms with Crippen molar-refractivity contribution in [3.8, 4) is 11.3 Å². The van der Waals surface area contributed by atoms with Crippen LogP contribution in [0.15, 0.2) is 30.5 Å². The SMILES string of the molecule is Cn1cc(CNCC(C)(C)C)c(-c2ccc([N+](=O)[O-])cc2)n1. The van der Waals surface area contributed by atoms with Gasteiger partial charge in [-0.15, -0.1) is 0 Å². The molecule has 0 aliphatic heterocycles. The lowest BCUT2D eigenvalue weighted by Gasteiger charge is -2.18. The first kappa shape index (κ1) is 16.2. The van der Waals surface area contributed by atoms with Gasteiger partial charge in [-0.1, -0.05) is 20.8 Å². The monoisotopic (exact) mass is 302 g/mol. The summed E-state index contributed by atoms with van der Waals surface area (Å²) in [5, 5.41) is 18.6. The van der Waals surface area contributed by atoms with Gasteiger partial charge in [-0.2, -0.15) is 5.10 Å². The Morgan fingerprint density at radius 1 is 1.27 bits per heavy atom. The van der Waals surface area contributed by atoms with Gasteiger partial charge in [-0.05, 0) is 17.5 Å². The standard InChI is InChI=1S/C16H22N4O2/c1-16(2,3)11-17-9-13-10-19(4)18-15(13)12-5-7-14(8-6-12)20(21)22/h5-8,10,17H,9,11H2,1-4H3. The Morgan fingerprint density at radius 3 is 2.45 bits per heavy atom. The fraction of sp³-hybridized carbons (Fsp3) is 0.438. The largest absolute Gasteiger partial charge is 0.312 e. The molecule has 0 amide bonds. The zero-order valence-electron chi connectivity index (χ0n) is 13.5. The van der Waals surface area contributed by atoms with Crippen LogP contribution in [-0.2, 0) is 13.6 Å². The second kappa shape index (κ2) is 6.27. The first-order valence-corrected chi connectivity index (χ1v) is 7.24. The number of benzene rings is 1. The van der Waals surface area contributed by atoms with E-state index in [1.807, 2.05) is 13.2 Å². The maximum Gasteiger partial charge on any atom is 0.269 e. The Bertz CT molecular complexity index is 654. The van der Waals surface area contributed by atoms with Gasteiger partial charge in [0.05, 0.1) is 10.6 Å². The van der Waals surface area contributed by atoms with Crippen molar-refractivity contribution in [2.24, 2.45) is 12.5 Å². The molecule has 0 radical (unpaired) electrons. The van der Waals surface area contributed by atoms with E-state index in [9.17, 15) is 10.1 Å². The molecule has 1 heterocycles. The molecule has 1 aromatic carbocycles. The number of aromatic nitrogens is 2. The molecule has 0 fully saturated rings. The molecule has 0 spiro atoms. The molecule has 0 unspecified atom stereocenters. The van der Waals surface area contributed by atoms with E-state index in [1.165, 1.54) is 12.1 Å². The van der Waals surface area contributed by atoms with Crippen LogP contribution in [-0.4, -0.2) is 21.2 Å². The Labute approximate surface area is 130 Å². The highest BCUT2D eigenvalue weighted by Crippen LogP contribution is 2.24. The average Bonchev–Trinajstić information content (AvgIpc) is 2.78. The summed E-state index contributed by atoms with van der Waals surface area (Å²) in [6, 6.07) is 6.51. The Morgan fingerprint density at radius 2 is 1.91 bits per heavy atom. The van der Waals surface area contributed by atoms with Crippen molar-refractivity contribution in [1.29, 1.82) is 0 Å². The zero-order chi connectivity index (χ0) is 16.3. The minimum absolute atomic E-state index is 0.0899. The summed E-state index contributed by atoms with van der Waals surface area (Å²) >= 11 is 0. The third-order valence-electron chi connectivity index (χ3n) is 3.23. The first-order chi connectivity index (χ1) is 10.3. The lowest BCUT2D eigenvalue weighted by Crippen LogP contribution is -2.26. The summed E-state index contributed by atoms with van der Waals surface area (Å²) in [6.45, 7) is 8.17. The number of aryl methyl sites for hydroxylation is 1. The highest BCUT2D eigenvalue weighted by atomic mass is 16.6. The van der Waals surface area contributed by atoms with Crippen molar-refractivity contribution in [3.63, 3.8) is 0 Å². The molecule has 1 aromatic heterocycles. The molecule has 2 aromatic rings. The topological polar surface area (TPSA) is 73.0 Å². The van der Waals surface area contributed by atoms with E-state index in [2.05, 4.69) is 31.2 Å². The van der Waals surface area contributed by atoms with E-state index < -0.39 is 4.92 Å². The van der Waals surface area contributed by atoms with Gasteiger partial charge < -0.3 is 5.32 Å². The minimum atomic E-state index is -0.395. The highest BCUT2D eigenvalue weighted by molar-refractivity contribution is 5.64. The fourth-order valence-corrected chi connectivity index (χ4v) is 2.22. The number of non-ortho nitro benzene ring substituents is 1. The lowest BCUT2D eigenvalue weighted by atomic mass is 9.97. The Balaban J connectivity index is 2.18. The van der Waals surface area contributed by atoms with E-state index in [1.54, 1.807) is 16.8 Å². The smallest absolute Gasteiger partial charge is 0.269 e. The molecule has 0 saturated heterocycles. The van der Waals surface area contributed by atoms with Crippen LogP contribution in [0.2, 0.25) is 0 Å². The second-order valence-corrected chi connectivity index (χ2v) is 6.64. The predicted molar refractivity (Wildman–Crippen MR) is 86.5 cm³/mol. The van der Waals surface area contributed by atoms with Gasteiger partial charge in [0, 0.05) is 49.6 Å². The van der Waals surface area contributed by atoms with Crippen molar-refractivity contribution in [2.45, 2.75) is 27.3 Å². The Kier molecular flexibility index (Phi) is 4.61. The molecule has 1 N–H and O–H groups in total. The summed E-state index contributed by atoms with van der Waals surface area (Å²) in [5.74, 6) is 0. The lowest BCUT2D eigenvalue weighted by molar-refractivity contribution is -0.384. The summed E-state index contributed by atoms with van der Waals surface area (Å²) in [7, 11) is 1.88. The molecular weight excluding hydrogens is 280 g/mol. The van der Waals surface area contributed by atoms with Crippen molar-refractivity contribution in [3.05, 3.63) is 46.1 Å². The first-order valence-electron chi connectivity index (χ1n) is 7.24. The molecular formula is C16H22N4O2. The van der Waals surface area contributed by atoms with Crippen LogP contribution in [0.4, 0.5) is 5.69 Å². The molecule has 0 aliphatic carbocycles. The molecule has 22 heavy (non-hydrogen) atoms. The molecule has 0 saturated carbocycles. The maximum atomic E-state index is 10.7. The van der Waals surface area contributed by atoms with Gasteiger partial charge in [0.2, 0.25) is 0 Å². The van der Waals surface area contributed by atoms with E-state index in [0.29, 0.717) is 0 Å². The van der Waals surface area contributed by atoms with E-state index in [4.69, 9.17) is 0 Å². The molecule has 6 nitrogen and oxygen atoms in total. The van der Waals surface area contributed by atoms with Crippen LogP contribution in [0.1, 0.15) is 26.3 Å². The van der Waals surface area contributed by atoms with Crippen LogP contribution in [0.3, 0.4) is 0 Å². The molecule has 0 bridgehead atoms. The van der Waals surface area contributed by atoms with Crippen molar-refractivity contribution < 1.29 is 4.92 Å². The number of rotatable bonds is 5. The normalized spacial score (nSPS) is 11.6. The van der Waals surface area contributed by atoms with E-state index in [0.717, 1.165) is 29.9 Å². The van der Waals surface area contributed by atoms with E-state index in [-0.39, 0.29) is 11.1 Å². The average molecular weight is 302 g/mol. The van der Waals surface area contributed by atoms with E-state index >= 15 is 0 Å². The predicted octanol–water partition coefficient (Wildman–Crippen LogP) is 3.13. The fourth-order valence-electron chi connectivity index (χ4n) is 2.22. The number of nitro benzene ring substituents is 1. The van der Waals surface area contributed by atoms with Crippen LogP contribution in [0, 0.1) is 15.5 Å². The molecule has 118 valence electrons. The van der Waals surface area contributed by atoms with Gasteiger partial charge >= 0.3 is 0 Å². The summed E-state index contributed by atoms with van der Waals surface area (Å²) in [5.41, 5.74) is 3.14. The van der Waals surface area contributed by atoms with Crippen LogP contribution in [0.5, 0.6) is 0 Å². The van der Waals surface area contributed by atoms with Crippen molar-refractivity contribution in [1.82, 2.24) is 15.1 Å². The number of nitro groups is 1. The van der Waals surface area contributed by atoms with Gasteiger partial charge in [-0.3, -0.25) is 14.8 Å². The molecule has 0 atom stereocenters. The molecule has 2 rings (SSSR count). The Hall–Kier alpha value is -2.21. The molecule has 6 heteroatoms. The number of hydrogen-bond acceptors (Lipinski definition) is 4. The quantitative estimate of drug-likeness (QED) is 0.680. The zero-order valence-corrected chi connectivity index (χ0v) is 13.5. The third kappa shape index (κ3) is 4.14. The van der Waals surface area contributed by atoms with Crippen LogP contribution >= 0.6 is 0 Å². The van der Waals surface area contributed by atoms with Gasteiger partial charge in [0.1, 0.15) is 0 Å². The molecule has 0 aliphatic rings. The summed E-state index contributed by atoms with van der Waals surface area (Å²) in [6.07, 6.45) is 1.98. The highest BCUT2D eigenvalue weighted by Gasteiger charge is 2.14. The van der Waals surface area contributed by atoms with Crippen molar-refractivity contribution >= 4 is 5.69 Å². The summed E-state index contributed by atoms with van der Waals surface area (Å²) < 4.78 is 1.77. The van der Waals surface area contributed by atoms with Crippen LogP contribution in [0.25, 0.3) is 11.3 Å². The number of nitrogens with zero attached hydrogens (tertiary/aromatic N) is 3. The third-order valence-corrected chi connectivity index (χ3v) is 3.23. The van der Waals surface area contributed by atoms with Gasteiger partial charge in [-0.25, -0.2) is 0 Å². The van der Waals surface area contributed by atoms with Crippen molar-refractivity contribution in [2.75, 3.05) is 6.54 Å². The maximum absolute atomic E-state index is 10.7. The number of nitrogens with one attached hydrogen (secondary N) is 1. The number of hydrogen-bond donors (Lipinski definition) is 1. The van der Waals surface area contributed by atoms with Gasteiger partial charge in [0.25, 0.3) is 5.69 Å². The second-order valence-electron chi connectivity index (χ2n) is 6.64. The van der Waals surface area contributed by atoms with Gasteiger partial charge in [0.15, 0.2) is 0 Å². The van der Waals surface area contributed by atoms with Crippen LogP contribution < -0.4 is 5.32 Å². The minimum Gasteiger partial charge on any atom is -0.312 e.